The highest BCUT2D eigenvalue weighted by Crippen LogP contribution is 2.19. The average molecular weight is 283 g/mol. The highest BCUT2D eigenvalue weighted by Gasteiger charge is 2.25. The van der Waals surface area contributed by atoms with Crippen molar-refractivity contribution in [2.45, 2.75) is 18.6 Å². The molecule has 2 atom stereocenters. The van der Waals surface area contributed by atoms with Crippen LogP contribution < -0.4 is 5.32 Å². The molecule has 1 aromatic carbocycles. The summed E-state index contributed by atoms with van der Waals surface area (Å²) in [5.41, 5.74) is 0.407. The lowest BCUT2D eigenvalue weighted by Crippen LogP contribution is -2.47. The zero-order valence-corrected chi connectivity index (χ0v) is 12.2. The number of hydrogen-bond donors (Lipinski definition) is 3. The van der Waals surface area contributed by atoms with Crippen LogP contribution in [0.4, 0.5) is 0 Å². The van der Waals surface area contributed by atoms with E-state index in [1.165, 1.54) is 0 Å². The Bertz CT molecular complexity index is 360. The average Bonchev–Trinajstić information content (AvgIpc) is 2.50. The van der Waals surface area contributed by atoms with Crippen LogP contribution in [-0.4, -0.2) is 56.4 Å². The molecule has 3 N–H and O–H groups in total. The minimum absolute atomic E-state index is 0.0474. The predicted octanol–water partition coefficient (Wildman–Crippen LogP) is 0.508. The summed E-state index contributed by atoms with van der Waals surface area (Å²) in [6, 6.07) is 9.68. The number of benzene rings is 1. The first-order chi connectivity index (χ1) is 9.62. The Balaban J connectivity index is 2.41. The molecule has 5 nitrogen and oxygen atoms in total. The minimum Gasteiger partial charge on any atom is -0.394 e. The van der Waals surface area contributed by atoms with Crippen molar-refractivity contribution >= 4 is 0 Å². The standard InChI is InChI=1S/C15H25NO4/c1-15(12-17,13-6-4-3-5-7-13)16-10-14(18)11-20-9-8-19-2/h3-7,14,16-18H,8-12H2,1-2H3. The van der Waals surface area contributed by atoms with E-state index in [4.69, 9.17) is 9.47 Å². The van der Waals surface area contributed by atoms with Gasteiger partial charge in [-0.05, 0) is 12.5 Å². The van der Waals surface area contributed by atoms with Gasteiger partial charge < -0.3 is 25.0 Å². The van der Waals surface area contributed by atoms with Crippen molar-refractivity contribution in [3.63, 3.8) is 0 Å². The summed E-state index contributed by atoms with van der Waals surface area (Å²) in [4.78, 5) is 0. The molecule has 0 amide bonds. The molecule has 0 heterocycles. The maximum absolute atomic E-state index is 9.84. The number of hydrogen-bond acceptors (Lipinski definition) is 5. The van der Waals surface area contributed by atoms with Gasteiger partial charge in [-0.1, -0.05) is 30.3 Å². The molecule has 114 valence electrons. The lowest BCUT2D eigenvalue weighted by Gasteiger charge is -2.30. The van der Waals surface area contributed by atoms with E-state index in [0.29, 0.717) is 19.8 Å². The largest absolute Gasteiger partial charge is 0.394 e. The van der Waals surface area contributed by atoms with E-state index in [2.05, 4.69) is 5.32 Å². The summed E-state index contributed by atoms with van der Waals surface area (Å²) >= 11 is 0. The maximum Gasteiger partial charge on any atom is 0.0898 e. The highest BCUT2D eigenvalue weighted by molar-refractivity contribution is 5.23. The Kier molecular flexibility index (Phi) is 7.72. The van der Waals surface area contributed by atoms with Gasteiger partial charge in [-0.3, -0.25) is 0 Å². The topological polar surface area (TPSA) is 71.0 Å². The molecule has 5 heteroatoms. The lowest BCUT2D eigenvalue weighted by molar-refractivity contribution is 0.00937. The molecule has 0 aliphatic carbocycles. The fourth-order valence-corrected chi connectivity index (χ4v) is 1.82. The van der Waals surface area contributed by atoms with Crippen LogP contribution in [-0.2, 0) is 15.0 Å². The molecule has 0 aromatic heterocycles. The Morgan fingerprint density at radius 3 is 2.55 bits per heavy atom. The van der Waals surface area contributed by atoms with Crippen molar-refractivity contribution in [3.05, 3.63) is 35.9 Å². The first-order valence-electron chi connectivity index (χ1n) is 6.78. The van der Waals surface area contributed by atoms with Crippen LogP contribution in [0, 0.1) is 0 Å². The van der Waals surface area contributed by atoms with E-state index < -0.39 is 11.6 Å². The molecule has 0 saturated carbocycles. The molecule has 0 saturated heterocycles. The molecule has 0 bridgehead atoms. The van der Waals surface area contributed by atoms with Crippen LogP contribution in [0.2, 0.25) is 0 Å². The second-order valence-corrected chi connectivity index (χ2v) is 4.96. The normalized spacial score (nSPS) is 15.8. The van der Waals surface area contributed by atoms with Gasteiger partial charge in [-0.25, -0.2) is 0 Å². The number of rotatable bonds is 10. The molecule has 20 heavy (non-hydrogen) atoms. The second-order valence-electron chi connectivity index (χ2n) is 4.96. The molecule has 0 aliphatic heterocycles. The van der Waals surface area contributed by atoms with E-state index in [1.807, 2.05) is 37.3 Å². The molecular weight excluding hydrogens is 258 g/mol. The fraction of sp³-hybridized carbons (Fsp3) is 0.600. The summed E-state index contributed by atoms with van der Waals surface area (Å²) in [6.07, 6.45) is -0.624. The summed E-state index contributed by atoms with van der Waals surface area (Å²) < 4.78 is 10.1. The van der Waals surface area contributed by atoms with Crippen LogP contribution in [0.1, 0.15) is 12.5 Å². The zero-order valence-electron chi connectivity index (χ0n) is 12.2. The zero-order chi connectivity index (χ0) is 14.8. The summed E-state index contributed by atoms with van der Waals surface area (Å²) in [5.74, 6) is 0. The molecule has 0 fully saturated rings. The molecule has 0 aliphatic rings. The van der Waals surface area contributed by atoms with Crippen LogP contribution in [0.3, 0.4) is 0 Å². The molecule has 1 rings (SSSR count). The third kappa shape index (κ3) is 5.56. The second kappa shape index (κ2) is 9.05. The lowest BCUT2D eigenvalue weighted by atomic mass is 9.93. The number of aliphatic hydroxyl groups is 2. The SMILES string of the molecule is COCCOCC(O)CNC(C)(CO)c1ccccc1. The van der Waals surface area contributed by atoms with E-state index in [1.54, 1.807) is 7.11 Å². The first-order valence-corrected chi connectivity index (χ1v) is 6.78. The van der Waals surface area contributed by atoms with Crippen LogP contribution in [0.5, 0.6) is 0 Å². The third-order valence-corrected chi connectivity index (χ3v) is 3.20. The molecule has 1 aromatic rings. The molecule has 0 radical (unpaired) electrons. The van der Waals surface area contributed by atoms with Crippen LogP contribution >= 0.6 is 0 Å². The maximum atomic E-state index is 9.84. The molecule has 2 unspecified atom stereocenters. The van der Waals surface area contributed by atoms with E-state index in [-0.39, 0.29) is 13.2 Å². The van der Waals surface area contributed by atoms with Crippen LogP contribution in [0.15, 0.2) is 30.3 Å². The minimum atomic E-state index is -0.624. The predicted molar refractivity (Wildman–Crippen MR) is 77.6 cm³/mol. The van der Waals surface area contributed by atoms with Crippen molar-refractivity contribution in [3.8, 4) is 0 Å². The quantitative estimate of drug-likeness (QED) is 0.546. The van der Waals surface area contributed by atoms with E-state index in [9.17, 15) is 10.2 Å². The van der Waals surface area contributed by atoms with Gasteiger partial charge >= 0.3 is 0 Å². The van der Waals surface area contributed by atoms with E-state index in [0.717, 1.165) is 5.56 Å². The van der Waals surface area contributed by atoms with Crippen molar-refractivity contribution in [1.82, 2.24) is 5.32 Å². The van der Waals surface area contributed by atoms with Gasteiger partial charge in [-0.15, -0.1) is 0 Å². The molecular formula is C15H25NO4. The number of ether oxygens (including phenoxy) is 2. The van der Waals surface area contributed by atoms with Gasteiger partial charge in [0.15, 0.2) is 0 Å². The van der Waals surface area contributed by atoms with Gasteiger partial charge in [0.1, 0.15) is 0 Å². The first kappa shape index (κ1) is 17.1. The smallest absolute Gasteiger partial charge is 0.0898 e. The Labute approximate surface area is 120 Å². The summed E-state index contributed by atoms with van der Waals surface area (Å²) in [5, 5.41) is 22.6. The van der Waals surface area contributed by atoms with E-state index >= 15 is 0 Å². The van der Waals surface area contributed by atoms with Crippen molar-refractivity contribution in [2.24, 2.45) is 0 Å². The third-order valence-electron chi connectivity index (χ3n) is 3.20. The van der Waals surface area contributed by atoms with Gasteiger partial charge in [0.05, 0.1) is 38.1 Å². The number of methoxy groups -OCH3 is 1. The Morgan fingerprint density at radius 2 is 1.95 bits per heavy atom. The summed E-state index contributed by atoms with van der Waals surface area (Å²) in [6.45, 7) is 3.42. The van der Waals surface area contributed by atoms with Crippen molar-refractivity contribution in [2.75, 3.05) is 40.1 Å². The van der Waals surface area contributed by atoms with Crippen molar-refractivity contribution < 1.29 is 19.7 Å². The Hall–Kier alpha value is -0.980. The summed E-state index contributed by atoms with van der Waals surface area (Å²) in [7, 11) is 1.61. The van der Waals surface area contributed by atoms with Gasteiger partial charge in [0.25, 0.3) is 0 Å². The van der Waals surface area contributed by atoms with Gasteiger partial charge in [0, 0.05) is 13.7 Å². The van der Waals surface area contributed by atoms with Gasteiger partial charge in [0.2, 0.25) is 0 Å². The number of aliphatic hydroxyl groups excluding tert-OH is 2. The fourth-order valence-electron chi connectivity index (χ4n) is 1.82. The van der Waals surface area contributed by atoms with Crippen molar-refractivity contribution in [1.29, 1.82) is 0 Å². The monoisotopic (exact) mass is 283 g/mol. The van der Waals surface area contributed by atoms with Crippen LogP contribution in [0.25, 0.3) is 0 Å². The highest BCUT2D eigenvalue weighted by atomic mass is 16.5. The number of nitrogens with one attached hydrogen (secondary N) is 1. The molecule has 0 spiro atoms. The Morgan fingerprint density at radius 1 is 1.25 bits per heavy atom. The van der Waals surface area contributed by atoms with Gasteiger partial charge in [-0.2, -0.15) is 0 Å².